The van der Waals surface area contributed by atoms with Crippen molar-refractivity contribution in [1.82, 2.24) is 4.90 Å². The van der Waals surface area contributed by atoms with Crippen LogP contribution in [0.1, 0.15) is 37.7 Å². The van der Waals surface area contributed by atoms with E-state index in [-0.39, 0.29) is 0 Å². The minimum atomic E-state index is 0.459. The van der Waals surface area contributed by atoms with Gasteiger partial charge in [-0.3, -0.25) is 0 Å². The third-order valence-electron chi connectivity index (χ3n) is 3.85. The predicted octanol–water partition coefficient (Wildman–Crippen LogP) is 3.29. The monoisotopic (exact) mass is 247 g/mol. The zero-order valence-corrected chi connectivity index (χ0v) is 11.6. The molecule has 2 nitrogen and oxygen atoms in total. The highest BCUT2D eigenvalue weighted by Crippen LogP contribution is 2.19. The fraction of sp³-hybridized carbons (Fsp3) is 0.625. The highest BCUT2D eigenvalue weighted by molar-refractivity contribution is 5.18. The van der Waals surface area contributed by atoms with Gasteiger partial charge >= 0.3 is 0 Å². The van der Waals surface area contributed by atoms with Crippen LogP contribution in [0.4, 0.5) is 0 Å². The molecule has 1 aromatic carbocycles. The van der Waals surface area contributed by atoms with Crippen LogP contribution in [0.15, 0.2) is 30.3 Å². The molecule has 0 aromatic heterocycles. The Morgan fingerprint density at radius 2 is 2.00 bits per heavy atom. The second kappa shape index (κ2) is 6.91. The lowest BCUT2D eigenvalue weighted by atomic mass is 10.0. The summed E-state index contributed by atoms with van der Waals surface area (Å²) >= 11 is 0. The van der Waals surface area contributed by atoms with Gasteiger partial charge in [-0.1, -0.05) is 37.3 Å². The third-order valence-corrected chi connectivity index (χ3v) is 3.85. The lowest BCUT2D eigenvalue weighted by Gasteiger charge is -2.19. The lowest BCUT2D eigenvalue weighted by Crippen LogP contribution is -2.21. The molecule has 0 radical (unpaired) electrons. The van der Waals surface area contributed by atoms with Gasteiger partial charge in [0, 0.05) is 12.5 Å². The summed E-state index contributed by atoms with van der Waals surface area (Å²) in [5.41, 5.74) is 1.38. The van der Waals surface area contributed by atoms with Gasteiger partial charge in [-0.15, -0.1) is 0 Å². The summed E-state index contributed by atoms with van der Waals surface area (Å²) in [6.45, 7) is 5.48. The summed E-state index contributed by atoms with van der Waals surface area (Å²) < 4.78 is 6.10. The van der Waals surface area contributed by atoms with Gasteiger partial charge in [0.05, 0.1) is 12.7 Å². The average molecular weight is 247 g/mol. The van der Waals surface area contributed by atoms with Crippen LogP contribution in [0.2, 0.25) is 0 Å². The first-order chi connectivity index (χ1) is 8.75. The maximum Gasteiger partial charge on any atom is 0.0588 e. The van der Waals surface area contributed by atoms with Crippen LogP contribution in [0.3, 0.4) is 0 Å². The Kier molecular flexibility index (Phi) is 5.21. The number of nitrogens with zero attached hydrogens (tertiary/aromatic N) is 1. The second-order valence-electron chi connectivity index (χ2n) is 5.50. The van der Waals surface area contributed by atoms with Crippen molar-refractivity contribution in [3.63, 3.8) is 0 Å². The van der Waals surface area contributed by atoms with E-state index in [1.807, 2.05) is 0 Å². The van der Waals surface area contributed by atoms with E-state index in [9.17, 15) is 0 Å². The molecule has 1 heterocycles. The lowest BCUT2D eigenvalue weighted by molar-refractivity contribution is 0.0367. The molecule has 1 aliphatic heterocycles. The molecule has 0 amide bonds. The Morgan fingerprint density at radius 1 is 1.22 bits per heavy atom. The van der Waals surface area contributed by atoms with Gasteiger partial charge in [0.25, 0.3) is 0 Å². The summed E-state index contributed by atoms with van der Waals surface area (Å²) in [7, 11) is 2.20. The van der Waals surface area contributed by atoms with Gasteiger partial charge in [-0.25, -0.2) is 0 Å². The third kappa shape index (κ3) is 4.11. The minimum Gasteiger partial charge on any atom is -0.378 e. The summed E-state index contributed by atoms with van der Waals surface area (Å²) in [5.74, 6) is 0.493. The molecule has 2 rings (SSSR count). The summed E-state index contributed by atoms with van der Waals surface area (Å²) in [6, 6.07) is 10.7. The molecule has 1 saturated heterocycles. The summed E-state index contributed by atoms with van der Waals surface area (Å²) in [6.07, 6.45) is 4.12. The standard InChI is InChI=1S/C16H25NO/c1-14(15-7-4-3-5-8-15)13-18-16-9-6-11-17(2)12-10-16/h3-5,7-8,14,16H,6,9-13H2,1-2H3. The van der Waals surface area contributed by atoms with Crippen molar-refractivity contribution in [3.05, 3.63) is 35.9 Å². The zero-order valence-electron chi connectivity index (χ0n) is 11.6. The van der Waals surface area contributed by atoms with Gasteiger partial charge in [0.2, 0.25) is 0 Å². The van der Waals surface area contributed by atoms with Crippen molar-refractivity contribution in [2.45, 2.75) is 38.2 Å². The van der Waals surface area contributed by atoms with Crippen LogP contribution < -0.4 is 0 Å². The fourth-order valence-corrected chi connectivity index (χ4v) is 2.53. The first-order valence-corrected chi connectivity index (χ1v) is 7.11. The minimum absolute atomic E-state index is 0.459. The van der Waals surface area contributed by atoms with Crippen molar-refractivity contribution in [3.8, 4) is 0 Å². The molecule has 1 aliphatic rings. The van der Waals surface area contributed by atoms with Gasteiger partial charge in [-0.05, 0) is 38.4 Å². The molecular formula is C16H25NO. The molecule has 2 unspecified atom stereocenters. The first-order valence-electron chi connectivity index (χ1n) is 7.11. The van der Waals surface area contributed by atoms with Crippen LogP contribution in [-0.4, -0.2) is 37.7 Å². The van der Waals surface area contributed by atoms with Crippen LogP contribution >= 0.6 is 0 Å². The van der Waals surface area contributed by atoms with Crippen molar-refractivity contribution in [1.29, 1.82) is 0 Å². The van der Waals surface area contributed by atoms with Crippen LogP contribution in [0.5, 0.6) is 0 Å². The molecular weight excluding hydrogens is 222 g/mol. The average Bonchev–Trinajstić information content (AvgIpc) is 2.62. The van der Waals surface area contributed by atoms with E-state index >= 15 is 0 Å². The van der Waals surface area contributed by atoms with Crippen molar-refractivity contribution >= 4 is 0 Å². The predicted molar refractivity (Wildman–Crippen MR) is 75.9 cm³/mol. The van der Waals surface area contributed by atoms with E-state index < -0.39 is 0 Å². The normalized spacial score (nSPS) is 23.6. The van der Waals surface area contributed by atoms with Crippen LogP contribution in [-0.2, 0) is 4.74 Å². The van der Waals surface area contributed by atoms with E-state index in [0.717, 1.165) is 6.61 Å². The molecule has 2 atom stereocenters. The first kappa shape index (κ1) is 13.6. The van der Waals surface area contributed by atoms with Gasteiger partial charge in [0.15, 0.2) is 0 Å². The Labute approximate surface area is 111 Å². The number of hydrogen-bond acceptors (Lipinski definition) is 2. The maximum absolute atomic E-state index is 6.10. The smallest absolute Gasteiger partial charge is 0.0588 e. The Bertz CT molecular complexity index is 338. The highest BCUT2D eigenvalue weighted by atomic mass is 16.5. The Morgan fingerprint density at radius 3 is 2.78 bits per heavy atom. The van der Waals surface area contributed by atoms with Crippen LogP contribution in [0, 0.1) is 0 Å². The van der Waals surface area contributed by atoms with E-state index in [1.165, 1.54) is 37.9 Å². The number of ether oxygens (including phenoxy) is 1. The molecule has 0 aliphatic carbocycles. The van der Waals surface area contributed by atoms with E-state index in [4.69, 9.17) is 4.74 Å². The molecule has 1 fully saturated rings. The van der Waals surface area contributed by atoms with Gasteiger partial charge < -0.3 is 9.64 Å². The van der Waals surface area contributed by atoms with E-state index in [2.05, 4.69) is 49.2 Å². The fourth-order valence-electron chi connectivity index (χ4n) is 2.53. The molecule has 0 spiro atoms. The molecule has 0 N–H and O–H groups in total. The number of rotatable bonds is 4. The molecule has 18 heavy (non-hydrogen) atoms. The van der Waals surface area contributed by atoms with Gasteiger partial charge in [0.1, 0.15) is 0 Å². The zero-order chi connectivity index (χ0) is 12.8. The van der Waals surface area contributed by atoms with Crippen molar-refractivity contribution < 1.29 is 4.74 Å². The molecule has 2 heteroatoms. The molecule has 100 valence electrons. The highest BCUT2D eigenvalue weighted by Gasteiger charge is 2.16. The summed E-state index contributed by atoms with van der Waals surface area (Å²) in [5, 5.41) is 0. The number of benzene rings is 1. The number of likely N-dealkylation sites (tertiary alicyclic amines) is 1. The van der Waals surface area contributed by atoms with Crippen LogP contribution in [0.25, 0.3) is 0 Å². The molecule has 1 aromatic rings. The van der Waals surface area contributed by atoms with Gasteiger partial charge in [-0.2, -0.15) is 0 Å². The van der Waals surface area contributed by atoms with E-state index in [1.54, 1.807) is 0 Å². The SMILES string of the molecule is CC(COC1CCCN(C)CC1)c1ccccc1. The number of hydrogen-bond donors (Lipinski definition) is 0. The van der Waals surface area contributed by atoms with Crippen molar-refractivity contribution in [2.24, 2.45) is 0 Å². The Balaban J connectivity index is 1.77. The quantitative estimate of drug-likeness (QED) is 0.809. The molecule has 0 saturated carbocycles. The maximum atomic E-state index is 6.10. The molecule has 0 bridgehead atoms. The summed E-state index contributed by atoms with van der Waals surface area (Å²) in [4.78, 5) is 2.41. The van der Waals surface area contributed by atoms with Crippen molar-refractivity contribution in [2.75, 3.05) is 26.7 Å². The van der Waals surface area contributed by atoms with E-state index in [0.29, 0.717) is 12.0 Å². The second-order valence-corrected chi connectivity index (χ2v) is 5.50. The largest absolute Gasteiger partial charge is 0.378 e. The Hall–Kier alpha value is -0.860. The topological polar surface area (TPSA) is 12.5 Å².